The standard InChI is InChI=1S/C9H15NO2/c1-3-4-7(2)9-10-8(5-11)6-12-9/h6-7,11H,3-5H2,1-2H3/t7-/m0/s1. The SMILES string of the molecule is CCC[C@H](C)c1nc(CO)co1. The Morgan fingerprint density at radius 3 is 2.92 bits per heavy atom. The Morgan fingerprint density at radius 2 is 2.42 bits per heavy atom. The second-order valence-corrected chi connectivity index (χ2v) is 3.02. The third-order valence-electron chi connectivity index (χ3n) is 1.87. The first-order chi connectivity index (χ1) is 5.77. The van der Waals surface area contributed by atoms with E-state index in [2.05, 4.69) is 18.8 Å². The number of nitrogens with zero attached hydrogens (tertiary/aromatic N) is 1. The predicted octanol–water partition coefficient (Wildman–Crippen LogP) is 2.07. The number of aliphatic hydroxyl groups excluding tert-OH is 1. The molecule has 3 nitrogen and oxygen atoms in total. The minimum atomic E-state index is -0.0393. The van der Waals surface area contributed by atoms with Crippen molar-refractivity contribution in [3.8, 4) is 0 Å². The monoisotopic (exact) mass is 169 g/mol. The van der Waals surface area contributed by atoms with Crippen LogP contribution >= 0.6 is 0 Å². The van der Waals surface area contributed by atoms with Gasteiger partial charge in [-0.1, -0.05) is 20.3 Å². The minimum absolute atomic E-state index is 0.0393. The lowest BCUT2D eigenvalue weighted by molar-refractivity contribution is 0.276. The molecule has 1 rings (SSSR count). The van der Waals surface area contributed by atoms with Gasteiger partial charge in [0.15, 0.2) is 5.89 Å². The molecule has 0 aromatic carbocycles. The first kappa shape index (κ1) is 9.26. The van der Waals surface area contributed by atoms with E-state index in [-0.39, 0.29) is 6.61 Å². The van der Waals surface area contributed by atoms with Gasteiger partial charge >= 0.3 is 0 Å². The molecule has 0 radical (unpaired) electrons. The highest BCUT2D eigenvalue weighted by molar-refractivity contribution is 4.98. The molecular weight excluding hydrogens is 154 g/mol. The van der Waals surface area contributed by atoms with Crippen LogP contribution in [0.1, 0.15) is 44.2 Å². The highest BCUT2D eigenvalue weighted by atomic mass is 16.3. The van der Waals surface area contributed by atoms with Crippen LogP contribution in [0.4, 0.5) is 0 Å². The van der Waals surface area contributed by atoms with E-state index in [1.165, 1.54) is 6.26 Å². The Labute approximate surface area is 72.4 Å². The summed E-state index contributed by atoms with van der Waals surface area (Å²) in [5, 5.41) is 8.74. The third-order valence-corrected chi connectivity index (χ3v) is 1.87. The molecule has 68 valence electrons. The summed E-state index contributed by atoms with van der Waals surface area (Å²) >= 11 is 0. The molecule has 0 amide bonds. The molecule has 3 heteroatoms. The van der Waals surface area contributed by atoms with Crippen LogP contribution in [0.3, 0.4) is 0 Å². The lowest BCUT2D eigenvalue weighted by Crippen LogP contribution is -1.93. The van der Waals surface area contributed by atoms with Crippen molar-refractivity contribution in [3.63, 3.8) is 0 Å². The molecule has 0 aliphatic rings. The summed E-state index contributed by atoms with van der Waals surface area (Å²) in [6.07, 6.45) is 3.71. The zero-order valence-electron chi connectivity index (χ0n) is 7.58. The smallest absolute Gasteiger partial charge is 0.197 e. The lowest BCUT2D eigenvalue weighted by Gasteiger charge is -2.02. The number of rotatable bonds is 4. The average molecular weight is 169 g/mol. The van der Waals surface area contributed by atoms with Crippen LogP contribution in [0.2, 0.25) is 0 Å². The molecule has 0 spiro atoms. The fourth-order valence-electron chi connectivity index (χ4n) is 1.18. The van der Waals surface area contributed by atoms with Gasteiger partial charge in [-0.3, -0.25) is 0 Å². The molecule has 0 unspecified atom stereocenters. The summed E-state index contributed by atoms with van der Waals surface area (Å²) in [5.41, 5.74) is 0.618. The van der Waals surface area contributed by atoms with Crippen molar-refractivity contribution in [2.24, 2.45) is 0 Å². The van der Waals surface area contributed by atoms with Crippen LogP contribution < -0.4 is 0 Å². The summed E-state index contributed by atoms with van der Waals surface area (Å²) in [5.74, 6) is 1.09. The van der Waals surface area contributed by atoms with Crippen molar-refractivity contribution in [2.75, 3.05) is 0 Å². The van der Waals surface area contributed by atoms with Gasteiger partial charge in [-0.25, -0.2) is 4.98 Å². The summed E-state index contributed by atoms with van der Waals surface area (Å²) < 4.78 is 5.20. The summed E-state index contributed by atoms with van der Waals surface area (Å²) in [7, 11) is 0. The topological polar surface area (TPSA) is 46.3 Å². The van der Waals surface area contributed by atoms with Crippen molar-refractivity contribution in [1.29, 1.82) is 0 Å². The van der Waals surface area contributed by atoms with E-state index in [9.17, 15) is 0 Å². The van der Waals surface area contributed by atoms with Gasteiger partial charge in [0.1, 0.15) is 12.0 Å². The Bertz CT molecular complexity index is 232. The molecule has 0 aliphatic carbocycles. The Morgan fingerprint density at radius 1 is 1.67 bits per heavy atom. The highest BCUT2D eigenvalue weighted by Crippen LogP contribution is 2.19. The Hall–Kier alpha value is -0.830. The normalized spacial score (nSPS) is 13.2. The number of hydrogen-bond acceptors (Lipinski definition) is 3. The van der Waals surface area contributed by atoms with E-state index >= 15 is 0 Å². The fourth-order valence-corrected chi connectivity index (χ4v) is 1.18. The largest absolute Gasteiger partial charge is 0.448 e. The van der Waals surface area contributed by atoms with Gasteiger partial charge in [0.2, 0.25) is 0 Å². The van der Waals surface area contributed by atoms with E-state index in [4.69, 9.17) is 9.52 Å². The lowest BCUT2D eigenvalue weighted by atomic mass is 10.1. The molecule has 1 aromatic rings. The molecule has 12 heavy (non-hydrogen) atoms. The summed E-state index contributed by atoms with van der Waals surface area (Å²) in [4.78, 5) is 4.13. The van der Waals surface area contributed by atoms with Gasteiger partial charge in [-0.05, 0) is 6.42 Å². The van der Waals surface area contributed by atoms with Crippen molar-refractivity contribution in [1.82, 2.24) is 4.98 Å². The molecule has 1 heterocycles. The number of hydrogen-bond donors (Lipinski definition) is 1. The molecule has 1 N–H and O–H groups in total. The molecule has 0 saturated carbocycles. The van der Waals surface area contributed by atoms with Crippen LogP contribution in [0.15, 0.2) is 10.7 Å². The average Bonchev–Trinajstić information content (AvgIpc) is 2.52. The maximum Gasteiger partial charge on any atom is 0.197 e. The minimum Gasteiger partial charge on any atom is -0.448 e. The quantitative estimate of drug-likeness (QED) is 0.750. The van der Waals surface area contributed by atoms with E-state index < -0.39 is 0 Å². The number of oxazole rings is 1. The van der Waals surface area contributed by atoms with Crippen molar-refractivity contribution >= 4 is 0 Å². The molecule has 0 bridgehead atoms. The van der Waals surface area contributed by atoms with Gasteiger partial charge < -0.3 is 9.52 Å². The summed E-state index contributed by atoms with van der Waals surface area (Å²) in [6, 6.07) is 0. The summed E-state index contributed by atoms with van der Waals surface area (Å²) in [6.45, 7) is 4.17. The fraction of sp³-hybridized carbons (Fsp3) is 0.667. The van der Waals surface area contributed by atoms with E-state index in [0.717, 1.165) is 18.7 Å². The van der Waals surface area contributed by atoms with Crippen molar-refractivity contribution in [3.05, 3.63) is 17.8 Å². The third kappa shape index (κ3) is 2.08. The zero-order valence-corrected chi connectivity index (χ0v) is 7.58. The molecule has 0 fully saturated rings. The van der Waals surface area contributed by atoms with Gasteiger partial charge in [0, 0.05) is 5.92 Å². The van der Waals surface area contributed by atoms with Gasteiger partial charge in [-0.2, -0.15) is 0 Å². The van der Waals surface area contributed by atoms with E-state index in [1.807, 2.05) is 0 Å². The first-order valence-corrected chi connectivity index (χ1v) is 4.33. The molecule has 0 aliphatic heterocycles. The van der Waals surface area contributed by atoms with Gasteiger partial charge in [0.05, 0.1) is 6.61 Å². The van der Waals surface area contributed by atoms with Crippen LogP contribution in [-0.4, -0.2) is 10.1 Å². The number of aromatic nitrogens is 1. The van der Waals surface area contributed by atoms with Crippen molar-refractivity contribution < 1.29 is 9.52 Å². The second kappa shape index (κ2) is 4.26. The van der Waals surface area contributed by atoms with E-state index in [0.29, 0.717) is 11.6 Å². The molecule has 0 saturated heterocycles. The van der Waals surface area contributed by atoms with E-state index in [1.54, 1.807) is 0 Å². The van der Waals surface area contributed by atoms with Crippen LogP contribution in [0, 0.1) is 0 Å². The van der Waals surface area contributed by atoms with Crippen LogP contribution in [-0.2, 0) is 6.61 Å². The zero-order chi connectivity index (χ0) is 8.97. The molecular formula is C9H15NO2. The molecule has 1 aromatic heterocycles. The second-order valence-electron chi connectivity index (χ2n) is 3.02. The van der Waals surface area contributed by atoms with Crippen LogP contribution in [0.25, 0.3) is 0 Å². The van der Waals surface area contributed by atoms with Crippen molar-refractivity contribution in [2.45, 2.75) is 39.2 Å². The Kier molecular flexibility index (Phi) is 3.29. The molecule has 1 atom stereocenters. The number of aliphatic hydroxyl groups is 1. The Balaban J connectivity index is 2.61. The highest BCUT2D eigenvalue weighted by Gasteiger charge is 2.10. The van der Waals surface area contributed by atoms with Gasteiger partial charge in [0.25, 0.3) is 0 Å². The van der Waals surface area contributed by atoms with Crippen LogP contribution in [0.5, 0.6) is 0 Å². The van der Waals surface area contributed by atoms with Gasteiger partial charge in [-0.15, -0.1) is 0 Å². The maximum atomic E-state index is 8.74. The first-order valence-electron chi connectivity index (χ1n) is 4.33. The maximum absolute atomic E-state index is 8.74. The predicted molar refractivity (Wildman–Crippen MR) is 45.7 cm³/mol.